The van der Waals surface area contributed by atoms with Crippen molar-refractivity contribution in [1.82, 2.24) is 0 Å². The predicted molar refractivity (Wildman–Crippen MR) is 45.1 cm³/mol. The van der Waals surface area contributed by atoms with E-state index in [4.69, 9.17) is 15.2 Å². The first-order valence-corrected chi connectivity index (χ1v) is 4.27. The highest BCUT2D eigenvalue weighted by atomic mass is 32.1. The molecule has 5 heteroatoms. The largest absolute Gasteiger partial charge is 0.484 e. The number of nitrogens with two attached hydrogens (primary N) is 1. The topological polar surface area (TPSA) is 61.6 Å². The molecule has 0 amide bonds. The number of fused-ring (bicyclic) bond motifs is 1. The molecule has 0 aromatic carbocycles. The second kappa shape index (κ2) is 2.67. The fourth-order valence-electron chi connectivity index (χ4n) is 1.07. The smallest absolute Gasteiger partial charge is 0.196 e. The van der Waals surface area contributed by atoms with E-state index in [1.165, 1.54) is 11.3 Å². The normalized spacial score (nSPS) is 14.3. The molecular weight excluding hydrogens is 178 g/mol. The van der Waals surface area contributed by atoms with Gasteiger partial charge in [-0.2, -0.15) is 0 Å². The molecule has 0 saturated heterocycles. The number of nitrogen functional groups attached to an aromatic ring is 1. The molecule has 1 aliphatic heterocycles. The molecule has 0 aliphatic carbocycles. The van der Waals surface area contributed by atoms with Gasteiger partial charge in [0.05, 0.1) is 0 Å². The molecule has 1 aromatic rings. The Hall–Kier alpha value is -1.23. The number of thiophene rings is 1. The van der Waals surface area contributed by atoms with Crippen molar-refractivity contribution < 1.29 is 14.3 Å². The lowest BCUT2D eigenvalue weighted by atomic mass is 10.4. The Bertz CT molecular complexity index is 321. The molecule has 1 aliphatic rings. The van der Waals surface area contributed by atoms with Crippen LogP contribution in [0.1, 0.15) is 9.67 Å². The van der Waals surface area contributed by atoms with Gasteiger partial charge in [0.15, 0.2) is 17.8 Å². The number of hydrogen-bond acceptors (Lipinski definition) is 5. The number of carbonyl (C=O) groups is 1. The van der Waals surface area contributed by atoms with E-state index < -0.39 is 0 Å². The zero-order valence-electron chi connectivity index (χ0n) is 6.20. The Labute approximate surface area is 72.9 Å². The average Bonchev–Trinajstić information content (AvgIpc) is 2.44. The van der Waals surface area contributed by atoms with Gasteiger partial charge in [-0.3, -0.25) is 4.79 Å². The van der Waals surface area contributed by atoms with Crippen LogP contribution in [0.4, 0.5) is 5.00 Å². The van der Waals surface area contributed by atoms with Crippen molar-refractivity contribution in [2.24, 2.45) is 0 Å². The van der Waals surface area contributed by atoms with Crippen molar-refractivity contribution in [2.45, 2.75) is 0 Å². The van der Waals surface area contributed by atoms with Crippen molar-refractivity contribution >= 4 is 22.6 Å². The highest BCUT2D eigenvalue weighted by molar-refractivity contribution is 7.18. The summed E-state index contributed by atoms with van der Waals surface area (Å²) < 4.78 is 10.5. The molecule has 0 radical (unpaired) electrons. The van der Waals surface area contributed by atoms with E-state index in [2.05, 4.69) is 0 Å². The molecule has 0 saturated carbocycles. The minimum Gasteiger partial charge on any atom is -0.484 e. The van der Waals surface area contributed by atoms with Gasteiger partial charge < -0.3 is 15.2 Å². The van der Waals surface area contributed by atoms with Crippen LogP contribution in [0, 0.1) is 0 Å². The van der Waals surface area contributed by atoms with Gasteiger partial charge in [0.1, 0.15) is 23.1 Å². The molecule has 4 nitrogen and oxygen atoms in total. The predicted octanol–water partition coefficient (Wildman–Crippen LogP) is 0.914. The Balaban J connectivity index is 2.53. The molecule has 2 heterocycles. The summed E-state index contributed by atoms with van der Waals surface area (Å²) >= 11 is 1.19. The van der Waals surface area contributed by atoms with Gasteiger partial charge in [-0.1, -0.05) is 0 Å². The highest BCUT2D eigenvalue weighted by Gasteiger charge is 2.22. The summed E-state index contributed by atoms with van der Waals surface area (Å²) in [4.78, 5) is 11.0. The number of anilines is 1. The van der Waals surface area contributed by atoms with Gasteiger partial charge in [0, 0.05) is 0 Å². The fraction of sp³-hybridized carbons (Fsp3) is 0.286. The maximum atomic E-state index is 10.5. The Morgan fingerprint density at radius 3 is 2.67 bits per heavy atom. The molecule has 2 rings (SSSR count). The van der Waals surface area contributed by atoms with Gasteiger partial charge in [0.2, 0.25) is 0 Å². The van der Waals surface area contributed by atoms with Crippen LogP contribution >= 0.6 is 11.3 Å². The van der Waals surface area contributed by atoms with Crippen molar-refractivity contribution in [3.05, 3.63) is 4.88 Å². The summed E-state index contributed by atoms with van der Waals surface area (Å²) in [5.41, 5.74) is 5.59. The first kappa shape index (κ1) is 7.42. The third-order valence-corrected chi connectivity index (χ3v) is 2.46. The maximum Gasteiger partial charge on any atom is 0.196 e. The molecule has 64 valence electrons. The fourth-order valence-corrected chi connectivity index (χ4v) is 1.85. The zero-order chi connectivity index (χ0) is 8.55. The zero-order valence-corrected chi connectivity index (χ0v) is 7.02. The molecule has 1 aromatic heterocycles. The second-order valence-corrected chi connectivity index (χ2v) is 3.39. The number of carbonyl (C=O) groups excluding carboxylic acids is 1. The third-order valence-electron chi connectivity index (χ3n) is 1.56. The van der Waals surface area contributed by atoms with Crippen molar-refractivity contribution in [1.29, 1.82) is 0 Å². The molecular formula is C7H7NO3S. The summed E-state index contributed by atoms with van der Waals surface area (Å²) in [6.45, 7) is 0.968. The van der Waals surface area contributed by atoms with E-state index in [1.807, 2.05) is 0 Å². The lowest BCUT2D eigenvalue weighted by Gasteiger charge is -2.15. The number of ether oxygens (including phenoxy) is 2. The van der Waals surface area contributed by atoms with E-state index in [-0.39, 0.29) is 0 Å². The summed E-state index contributed by atoms with van der Waals surface area (Å²) in [7, 11) is 0. The molecule has 0 fully saturated rings. The Kier molecular flexibility index (Phi) is 1.65. The Morgan fingerprint density at radius 1 is 1.33 bits per heavy atom. The van der Waals surface area contributed by atoms with E-state index in [1.54, 1.807) is 0 Å². The molecule has 0 spiro atoms. The molecule has 2 N–H and O–H groups in total. The lowest BCUT2D eigenvalue weighted by Crippen LogP contribution is -2.15. The van der Waals surface area contributed by atoms with Gasteiger partial charge in [-0.15, -0.1) is 11.3 Å². The van der Waals surface area contributed by atoms with Gasteiger partial charge >= 0.3 is 0 Å². The summed E-state index contributed by atoms with van der Waals surface area (Å²) in [6, 6.07) is 0. The maximum absolute atomic E-state index is 10.5. The minimum atomic E-state index is 0.476. The van der Waals surface area contributed by atoms with E-state index in [9.17, 15) is 4.79 Å². The molecule has 12 heavy (non-hydrogen) atoms. The quantitative estimate of drug-likeness (QED) is 0.661. The minimum absolute atomic E-state index is 0.476. The van der Waals surface area contributed by atoms with Crippen LogP contribution in [0.5, 0.6) is 11.5 Å². The monoisotopic (exact) mass is 185 g/mol. The van der Waals surface area contributed by atoms with Crippen LogP contribution in [0.3, 0.4) is 0 Å². The van der Waals surface area contributed by atoms with Crippen LogP contribution in [-0.2, 0) is 0 Å². The van der Waals surface area contributed by atoms with Crippen molar-refractivity contribution in [3.63, 3.8) is 0 Å². The van der Waals surface area contributed by atoms with Crippen LogP contribution in [0.2, 0.25) is 0 Å². The number of aldehydes is 1. The van der Waals surface area contributed by atoms with Gasteiger partial charge in [0.25, 0.3) is 0 Å². The number of rotatable bonds is 1. The SMILES string of the molecule is Nc1sc(C=O)c2c1OCCO2. The standard InChI is InChI=1S/C7H7NO3S/c8-7-6-5(4(3-9)12-7)10-1-2-11-6/h3H,1-2,8H2. The van der Waals surface area contributed by atoms with E-state index in [0.717, 1.165) is 6.29 Å². The summed E-state index contributed by atoms with van der Waals surface area (Å²) in [6.07, 6.45) is 0.731. The molecule has 0 bridgehead atoms. The average molecular weight is 185 g/mol. The van der Waals surface area contributed by atoms with Crippen LogP contribution in [0.25, 0.3) is 0 Å². The van der Waals surface area contributed by atoms with Crippen LogP contribution in [0.15, 0.2) is 0 Å². The van der Waals surface area contributed by atoms with Crippen LogP contribution < -0.4 is 15.2 Å². The first-order valence-electron chi connectivity index (χ1n) is 3.46. The van der Waals surface area contributed by atoms with Gasteiger partial charge in [-0.25, -0.2) is 0 Å². The highest BCUT2D eigenvalue weighted by Crippen LogP contribution is 2.44. The second-order valence-electron chi connectivity index (χ2n) is 2.30. The van der Waals surface area contributed by atoms with Crippen molar-refractivity contribution in [3.8, 4) is 11.5 Å². The van der Waals surface area contributed by atoms with Crippen LogP contribution in [-0.4, -0.2) is 19.5 Å². The lowest BCUT2D eigenvalue weighted by molar-refractivity contribution is 0.111. The van der Waals surface area contributed by atoms with Crippen molar-refractivity contribution in [2.75, 3.05) is 18.9 Å². The van der Waals surface area contributed by atoms with E-state index >= 15 is 0 Å². The molecule has 0 unspecified atom stereocenters. The van der Waals surface area contributed by atoms with Gasteiger partial charge in [-0.05, 0) is 0 Å². The number of hydrogen-bond donors (Lipinski definition) is 1. The first-order chi connectivity index (χ1) is 5.83. The van der Waals surface area contributed by atoms with E-state index in [0.29, 0.717) is 34.6 Å². The summed E-state index contributed by atoms with van der Waals surface area (Å²) in [5.74, 6) is 1.02. The third kappa shape index (κ3) is 0.937. The summed E-state index contributed by atoms with van der Waals surface area (Å²) in [5, 5.41) is 0.506. The Morgan fingerprint density at radius 2 is 2.00 bits per heavy atom. The molecule has 0 atom stereocenters.